The van der Waals surface area contributed by atoms with Crippen LogP contribution in [0.25, 0.3) is 0 Å². The first kappa shape index (κ1) is 20.3. The first-order valence-corrected chi connectivity index (χ1v) is 9.65. The van der Waals surface area contributed by atoms with Crippen molar-refractivity contribution in [2.45, 2.75) is 26.2 Å². The van der Waals surface area contributed by atoms with Crippen molar-refractivity contribution in [2.24, 2.45) is 0 Å². The Morgan fingerprint density at radius 3 is 1.86 bits per heavy atom. The summed E-state index contributed by atoms with van der Waals surface area (Å²) in [5.41, 5.74) is 4.90. The number of aryl methyl sites for hydroxylation is 2. The third-order valence-electron chi connectivity index (χ3n) is 4.64. The van der Waals surface area contributed by atoms with Crippen molar-refractivity contribution < 1.29 is 14.3 Å². The van der Waals surface area contributed by atoms with Crippen molar-refractivity contribution in [3.8, 4) is 0 Å². The summed E-state index contributed by atoms with van der Waals surface area (Å²) in [6.45, 7) is 3.63. The molecule has 148 valence electrons. The molecule has 0 saturated carbocycles. The van der Waals surface area contributed by atoms with Crippen LogP contribution in [-0.4, -0.2) is 18.5 Å². The molecule has 0 fully saturated rings. The fraction of sp³-hybridized carbons (Fsp3) is 0.200. The summed E-state index contributed by atoms with van der Waals surface area (Å²) in [7, 11) is 0. The molecule has 0 atom stereocenters. The lowest BCUT2D eigenvalue weighted by atomic mass is 9.89. The SMILES string of the molecule is Cc1cc(C)cc(NC(=O)COC(=O)CC(c2ccccc2)c2ccccc2)c1. The number of carbonyl (C=O) groups excluding carboxylic acids is 2. The summed E-state index contributed by atoms with van der Waals surface area (Å²) in [5.74, 6) is -0.870. The van der Waals surface area contributed by atoms with Crippen molar-refractivity contribution in [3.63, 3.8) is 0 Å². The van der Waals surface area contributed by atoms with Gasteiger partial charge >= 0.3 is 5.97 Å². The number of hydrogen-bond acceptors (Lipinski definition) is 3. The van der Waals surface area contributed by atoms with E-state index >= 15 is 0 Å². The summed E-state index contributed by atoms with van der Waals surface area (Å²) >= 11 is 0. The standard InChI is InChI=1S/C25H25NO3/c1-18-13-19(2)15-22(14-18)26-24(27)17-29-25(28)16-23(20-9-5-3-6-10-20)21-11-7-4-8-12-21/h3-15,23H,16-17H2,1-2H3,(H,26,27). The van der Waals surface area contributed by atoms with Crippen molar-refractivity contribution in [1.29, 1.82) is 0 Å². The van der Waals surface area contributed by atoms with E-state index in [1.54, 1.807) is 0 Å². The molecule has 4 heteroatoms. The van der Waals surface area contributed by atoms with Crippen LogP contribution >= 0.6 is 0 Å². The monoisotopic (exact) mass is 387 g/mol. The molecular formula is C25H25NO3. The molecule has 4 nitrogen and oxygen atoms in total. The highest BCUT2D eigenvalue weighted by Gasteiger charge is 2.19. The van der Waals surface area contributed by atoms with E-state index in [1.807, 2.05) is 92.7 Å². The topological polar surface area (TPSA) is 55.4 Å². The largest absolute Gasteiger partial charge is 0.456 e. The lowest BCUT2D eigenvalue weighted by Crippen LogP contribution is -2.22. The Hall–Kier alpha value is -3.40. The molecule has 0 aliphatic rings. The van der Waals surface area contributed by atoms with Crippen LogP contribution in [-0.2, 0) is 14.3 Å². The van der Waals surface area contributed by atoms with E-state index in [1.165, 1.54) is 0 Å². The molecule has 0 bridgehead atoms. The molecule has 1 amide bonds. The number of hydrogen-bond donors (Lipinski definition) is 1. The molecule has 3 aromatic carbocycles. The van der Waals surface area contributed by atoms with Crippen molar-refractivity contribution >= 4 is 17.6 Å². The highest BCUT2D eigenvalue weighted by atomic mass is 16.5. The summed E-state index contributed by atoms with van der Waals surface area (Å²) in [4.78, 5) is 24.6. The molecule has 0 aliphatic carbocycles. The third kappa shape index (κ3) is 6.04. The Labute approximate surface area is 171 Å². The van der Waals surface area contributed by atoms with Gasteiger partial charge in [0, 0.05) is 11.6 Å². The van der Waals surface area contributed by atoms with E-state index in [0.717, 1.165) is 22.3 Å². The van der Waals surface area contributed by atoms with Gasteiger partial charge in [-0.3, -0.25) is 9.59 Å². The summed E-state index contributed by atoms with van der Waals surface area (Å²) in [6.07, 6.45) is 0.171. The molecular weight excluding hydrogens is 362 g/mol. The number of ether oxygens (including phenoxy) is 1. The number of nitrogens with one attached hydrogen (secondary N) is 1. The first-order chi connectivity index (χ1) is 14.0. The maximum absolute atomic E-state index is 12.5. The molecule has 0 unspecified atom stereocenters. The Morgan fingerprint density at radius 1 is 0.828 bits per heavy atom. The van der Waals surface area contributed by atoms with Crippen LogP contribution in [0.1, 0.15) is 34.6 Å². The second kappa shape index (κ2) is 9.69. The van der Waals surface area contributed by atoms with Crippen LogP contribution in [0.15, 0.2) is 78.9 Å². The lowest BCUT2D eigenvalue weighted by Gasteiger charge is -2.17. The van der Waals surface area contributed by atoms with Gasteiger partial charge in [0.2, 0.25) is 0 Å². The van der Waals surface area contributed by atoms with Crippen LogP contribution < -0.4 is 5.32 Å². The Morgan fingerprint density at radius 2 is 1.34 bits per heavy atom. The average molecular weight is 387 g/mol. The van der Waals surface area contributed by atoms with Crippen LogP contribution in [0.3, 0.4) is 0 Å². The minimum absolute atomic E-state index is 0.118. The fourth-order valence-corrected chi connectivity index (χ4v) is 3.41. The van der Waals surface area contributed by atoms with E-state index in [4.69, 9.17) is 4.74 Å². The van der Waals surface area contributed by atoms with Gasteiger partial charge in [-0.1, -0.05) is 66.7 Å². The van der Waals surface area contributed by atoms with Crippen molar-refractivity contribution in [1.82, 2.24) is 0 Å². The van der Waals surface area contributed by atoms with Crippen LogP contribution in [0.4, 0.5) is 5.69 Å². The molecule has 1 N–H and O–H groups in total. The van der Waals surface area contributed by atoms with Crippen LogP contribution in [0.5, 0.6) is 0 Å². The molecule has 0 aromatic heterocycles. The van der Waals surface area contributed by atoms with E-state index < -0.39 is 5.97 Å². The zero-order chi connectivity index (χ0) is 20.6. The lowest BCUT2D eigenvalue weighted by molar-refractivity contribution is -0.147. The third-order valence-corrected chi connectivity index (χ3v) is 4.64. The summed E-state index contributed by atoms with van der Waals surface area (Å²) < 4.78 is 5.26. The van der Waals surface area contributed by atoms with Crippen LogP contribution in [0.2, 0.25) is 0 Å². The van der Waals surface area contributed by atoms with E-state index in [2.05, 4.69) is 5.32 Å². The number of esters is 1. The zero-order valence-corrected chi connectivity index (χ0v) is 16.7. The predicted molar refractivity (Wildman–Crippen MR) is 115 cm³/mol. The van der Waals surface area contributed by atoms with E-state index in [9.17, 15) is 9.59 Å². The zero-order valence-electron chi connectivity index (χ0n) is 16.7. The second-order valence-corrected chi connectivity index (χ2v) is 7.16. The Bertz CT molecular complexity index is 908. The van der Waals surface area contributed by atoms with Gasteiger partial charge in [-0.15, -0.1) is 0 Å². The summed E-state index contributed by atoms with van der Waals surface area (Å²) in [5, 5.41) is 2.78. The van der Waals surface area contributed by atoms with E-state index in [0.29, 0.717) is 5.69 Å². The maximum atomic E-state index is 12.5. The number of amides is 1. The molecule has 0 saturated heterocycles. The van der Waals surface area contributed by atoms with Gasteiger partial charge in [0.25, 0.3) is 5.91 Å². The van der Waals surface area contributed by atoms with Crippen LogP contribution in [0, 0.1) is 13.8 Å². The number of anilines is 1. The van der Waals surface area contributed by atoms with Gasteiger partial charge in [0.05, 0.1) is 6.42 Å². The fourth-order valence-electron chi connectivity index (χ4n) is 3.41. The minimum atomic E-state index is -0.404. The maximum Gasteiger partial charge on any atom is 0.307 e. The first-order valence-electron chi connectivity index (χ1n) is 9.65. The van der Waals surface area contributed by atoms with Gasteiger partial charge in [-0.25, -0.2) is 0 Å². The van der Waals surface area contributed by atoms with Crippen molar-refractivity contribution in [3.05, 3.63) is 101 Å². The molecule has 0 radical (unpaired) electrons. The second-order valence-electron chi connectivity index (χ2n) is 7.16. The normalized spacial score (nSPS) is 10.6. The molecule has 0 aliphatic heterocycles. The van der Waals surface area contributed by atoms with Gasteiger partial charge in [0.1, 0.15) is 0 Å². The molecule has 3 aromatic rings. The highest BCUT2D eigenvalue weighted by Crippen LogP contribution is 2.28. The Kier molecular flexibility index (Phi) is 6.80. The van der Waals surface area contributed by atoms with Gasteiger partial charge in [0.15, 0.2) is 6.61 Å². The summed E-state index contributed by atoms with van der Waals surface area (Å²) in [6, 6.07) is 25.5. The number of carbonyl (C=O) groups is 2. The molecule has 0 spiro atoms. The van der Waals surface area contributed by atoms with Gasteiger partial charge in [-0.2, -0.15) is 0 Å². The van der Waals surface area contributed by atoms with Gasteiger partial charge in [-0.05, 0) is 48.2 Å². The van der Waals surface area contributed by atoms with Crippen molar-refractivity contribution in [2.75, 3.05) is 11.9 Å². The highest BCUT2D eigenvalue weighted by molar-refractivity contribution is 5.93. The molecule has 29 heavy (non-hydrogen) atoms. The minimum Gasteiger partial charge on any atom is -0.456 e. The number of rotatable bonds is 7. The Balaban J connectivity index is 1.61. The quantitative estimate of drug-likeness (QED) is 0.580. The van der Waals surface area contributed by atoms with Gasteiger partial charge < -0.3 is 10.1 Å². The van der Waals surface area contributed by atoms with E-state index in [-0.39, 0.29) is 24.9 Å². The number of benzene rings is 3. The predicted octanol–water partition coefficient (Wildman–Crippen LogP) is 5.01. The molecule has 0 heterocycles. The average Bonchev–Trinajstić information content (AvgIpc) is 2.71. The molecule has 3 rings (SSSR count). The smallest absolute Gasteiger partial charge is 0.307 e.